The van der Waals surface area contributed by atoms with Crippen molar-refractivity contribution in [3.63, 3.8) is 0 Å². The Morgan fingerprint density at radius 3 is 2.89 bits per heavy atom. The number of hydrogen-bond acceptors (Lipinski definition) is 4. The number of aliphatic hydroxyl groups excluding tert-OH is 2. The minimum absolute atomic E-state index is 0.0551. The fourth-order valence-electron chi connectivity index (χ4n) is 1.58. The molecule has 0 aliphatic heterocycles. The summed E-state index contributed by atoms with van der Waals surface area (Å²) in [7, 11) is 0. The number of aliphatic hydroxyl groups is 2. The van der Waals surface area contributed by atoms with Crippen LogP contribution in [0.4, 0.5) is 10.1 Å². The van der Waals surface area contributed by atoms with Crippen LogP contribution in [0.1, 0.15) is 0 Å². The van der Waals surface area contributed by atoms with Crippen LogP contribution in [0.2, 0.25) is 5.02 Å². The number of nitrogens with one attached hydrogen (secondary N) is 1. The Labute approximate surface area is 108 Å². The minimum Gasteiger partial charge on any atom is -0.394 e. The molecular weight excluding hydrogens is 259 g/mol. The van der Waals surface area contributed by atoms with Crippen molar-refractivity contribution < 1.29 is 14.6 Å². The number of anilines is 1. The lowest BCUT2D eigenvalue weighted by Crippen LogP contribution is -2.23. The Morgan fingerprint density at radius 2 is 2.17 bits per heavy atom. The van der Waals surface area contributed by atoms with Gasteiger partial charge in [0.25, 0.3) is 0 Å². The van der Waals surface area contributed by atoms with Gasteiger partial charge in [-0.25, -0.2) is 4.39 Å². The van der Waals surface area contributed by atoms with E-state index >= 15 is 0 Å². The summed E-state index contributed by atoms with van der Waals surface area (Å²) in [6.07, 6.45) is 0.493. The molecule has 0 fully saturated rings. The molecule has 0 amide bonds. The molecule has 18 heavy (non-hydrogen) atoms. The molecule has 0 bridgehead atoms. The van der Waals surface area contributed by atoms with Gasteiger partial charge in [0.15, 0.2) is 5.82 Å². The summed E-state index contributed by atoms with van der Waals surface area (Å²) in [6.45, 7) is -0.328. The first-order valence-electron chi connectivity index (χ1n) is 5.39. The highest BCUT2D eigenvalue weighted by Gasteiger charge is 2.11. The van der Waals surface area contributed by atoms with Gasteiger partial charge < -0.3 is 15.5 Å². The van der Waals surface area contributed by atoms with E-state index in [1.807, 2.05) is 0 Å². The molecule has 0 aliphatic carbocycles. The highest BCUT2D eigenvalue weighted by atomic mass is 35.5. The maximum atomic E-state index is 14.1. The molecular formula is C12H12ClFN2O2. The van der Waals surface area contributed by atoms with Crippen LogP contribution in [0.3, 0.4) is 0 Å². The smallest absolute Gasteiger partial charge is 0.172 e. The van der Waals surface area contributed by atoms with E-state index in [-0.39, 0.29) is 24.4 Å². The fraction of sp³-hybridized carbons (Fsp3) is 0.250. The zero-order valence-corrected chi connectivity index (χ0v) is 10.2. The highest BCUT2D eigenvalue weighted by molar-refractivity contribution is 6.35. The molecule has 0 saturated heterocycles. The SMILES string of the molecule is OC[C@H](O)CNc1ccc2c(Cl)ccnc2c1F. The average Bonchev–Trinajstić information content (AvgIpc) is 2.38. The monoisotopic (exact) mass is 270 g/mol. The molecule has 96 valence electrons. The van der Waals surface area contributed by atoms with Gasteiger partial charge in [-0.05, 0) is 18.2 Å². The van der Waals surface area contributed by atoms with Gasteiger partial charge in [0.2, 0.25) is 0 Å². The maximum absolute atomic E-state index is 14.1. The van der Waals surface area contributed by atoms with Gasteiger partial charge in [-0.15, -0.1) is 0 Å². The zero-order valence-electron chi connectivity index (χ0n) is 9.40. The van der Waals surface area contributed by atoms with E-state index in [2.05, 4.69) is 10.3 Å². The molecule has 0 aliphatic rings. The predicted octanol–water partition coefficient (Wildman–Crippen LogP) is 1.79. The molecule has 2 rings (SSSR count). The maximum Gasteiger partial charge on any atom is 0.172 e. The van der Waals surface area contributed by atoms with Crippen LogP contribution in [0.5, 0.6) is 0 Å². The largest absolute Gasteiger partial charge is 0.394 e. The van der Waals surface area contributed by atoms with Crippen molar-refractivity contribution in [2.45, 2.75) is 6.10 Å². The number of nitrogens with zero attached hydrogens (tertiary/aromatic N) is 1. The Hall–Kier alpha value is -1.43. The van der Waals surface area contributed by atoms with E-state index in [1.165, 1.54) is 12.3 Å². The van der Waals surface area contributed by atoms with E-state index in [1.54, 1.807) is 12.1 Å². The van der Waals surface area contributed by atoms with Crippen molar-refractivity contribution in [2.24, 2.45) is 0 Å². The lowest BCUT2D eigenvalue weighted by Gasteiger charge is -2.12. The third-order valence-corrected chi connectivity index (χ3v) is 2.87. The fourth-order valence-corrected chi connectivity index (χ4v) is 1.79. The zero-order chi connectivity index (χ0) is 13.1. The molecule has 1 atom stereocenters. The second kappa shape index (κ2) is 5.48. The van der Waals surface area contributed by atoms with Gasteiger partial charge in [-0.2, -0.15) is 0 Å². The van der Waals surface area contributed by atoms with Crippen LogP contribution >= 0.6 is 11.6 Å². The quantitative estimate of drug-likeness (QED) is 0.793. The molecule has 2 aromatic rings. The number of hydrogen-bond donors (Lipinski definition) is 3. The number of rotatable bonds is 4. The van der Waals surface area contributed by atoms with E-state index in [4.69, 9.17) is 16.7 Å². The standard InChI is InChI=1S/C12H12ClFN2O2/c13-9-3-4-15-12-8(9)1-2-10(11(12)14)16-5-7(18)6-17/h1-4,7,16-18H,5-6H2/t7-/m1/s1. The summed E-state index contributed by atoms with van der Waals surface area (Å²) < 4.78 is 14.1. The van der Waals surface area contributed by atoms with Gasteiger partial charge in [0.1, 0.15) is 5.52 Å². The third kappa shape index (κ3) is 2.53. The normalized spacial score (nSPS) is 12.7. The van der Waals surface area contributed by atoms with Crippen LogP contribution in [0.25, 0.3) is 10.9 Å². The summed E-state index contributed by atoms with van der Waals surface area (Å²) in [6, 6.07) is 4.77. The van der Waals surface area contributed by atoms with Crippen molar-refractivity contribution in [2.75, 3.05) is 18.5 Å². The molecule has 6 heteroatoms. The first-order chi connectivity index (χ1) is 8.63. The van der Waals surface area contributed by atoms with E-state index in [0.29, 0.717) is 10.4 Å². The van der Waals surface area contributed by atoms with Crippen LogP contribution < -0.4 is 5.32 Å². The second-order valence-corrected chi connectivity index (χ2v) is 4.24. The summed E-state index contributed by atoms with van der Waals surface area (Å²) in [5, 5.41) is 21.5. The Balaban J connectivity index is 2.33. The third-order valence-electron chi connectivity index (χ3n) is 2.54. The molecule has 1 heterocycles. The molecule has 0 radical (unpaired) electrons. The van der Waals surface area contributed by atoms with Crippen LogP contribution in [0, 0.1) is 5.82 Å². The first kappa shape index (κ1) is 13.0. The average molecular weight is 271 g/mol. The van der Waals surface area contributed by atoms with Crippen LogP contribution in [0.15, 0.2) is 24.4 Å². The molecule has 0 unspecified atom stereocenters. The molecule has 0 spiro atoms. The van der Waals surface area contributed by atoms with Gasteiger partial charge in [0, 0.05) is 18.1 Å². The number of fused-ring (bicyclic) bond motifs is 1. The summed E-state index contributed by atoms with van der Waals surface area (Å²) in [5.74, 6) is -0.528. The van der Waals surface area contributed by atoms with Crippen LogP contribution in [-0.4, -0.2) is 34.5 Å². The molecule has 1 aromatic heterocycles. The summed E-state index contributed by atoms with van der Waals surface area (Å²) in [5.41, 5.74) is 0.385. The molecule has 3 N–H and O–H groups in total. The molecule has 4 nitrogen and oxygen atoms in total. The van der Waals surface area contributed by atoms with Crippen molar-refractivity contribution in [3.05, 3.63) is 35.2 Å². The van der Waals surface area contributed by atoms with Crippen molar-refractivity contribution in [3.8, 4) is 0 Å². The van der Waals surface area contributed by atoms with Gasteiger partial charge in [0.05, 0.1) is 23.4 Å². The van der Waals surface area contributed by atoms with Crippen molar-refractivity contribution in [1.82, 2.24) is 4.98 Å². The van der Waals surface area contributed by atoms with Crippen molar-refractivity contribution >= 4 is 28.2 Å². The van der Waals surface area contributed by atoms with E-state index < -0.39 is 11.9 Å². The summed E-state index contributed by atoms with van der Waals surface area (Å²) >= 11 is 5.93. The molecule has 0 saturated carbocycles. The lowest BCUT2D eigenvalue weighted by atomic mass is 10.2. The number of aromatic nitrogens is 1. The predicted molar refractivity (Wildman–Crippen MR) is 68.3 cm³/mol. The van der Waals surface area contributed by atoms with Crippen molar-refractivity contribution in [1.29, 1.82) is 0 Å². The topological polar surface area (TPSA) is 65.4 Å². The number of pyridine rings is 1. The first-order valence-corrected chi connectivity index (χ1v) is 5.76. The lowest BCUT2D eigenvalue weighted by molar-refractivity contribution is 0.105. The van der Waals surface area contributed by atoms with Crippen LogP contribution in [-0.2, 0) is 0 Å². The van der Waals surface area contributed by atoms with E-state index in [0.717, 1.165) is 0 Å². The Morgan fingerprint density at radius 1 is 1.39 bits per heavy atom. The highest BCUT2D eigenvalue weighted by Crippen LogP contribution is 2.27. The number of benzene rings is 1. The Kier molecular flexibility index (Phi) is 3.96. The van der Waals surface area contributed by atoms with Gasteiger partial charge in [-0.1, -0.05) is 11.6 Å². The van der Waals surface area contributed by atoms with Gasteiger partial charge >= 0.3 is 0 Å². The minimum atomic E-state index is -0.938. The Bertz CT molecular complexity index is 565. The number of halogens is 2. The second-order valence-electron chi connectivity index (χ2n) is 3.83. The van der Waals surface area contributed by atoms with E-state index in [9.17, 15) is 9.50 Å². The summed E-state index contributed by atoms with van der Waals surface area (Å²) in [4.78, 5) is 3.94. The van der Waals surface area contributed by atoms with Gasteiger partial charge in [-0.3, -0.25) is 4.98 Å². The molecule has 1 aromatic carbocycles.